The van der Waals surface area contributed by atoms with Crippen LogP contribution in [-0.2, 0) is 6.54 Å². The molecule has 2 N–H and O–H groups in total. The minimum atomic E-state index is -0.205. The number of nitrogens with zero attached hydrogens (tertiary/aromatic N) is 4. The SMILES string of the molecule is CNC(=O)NCCn1cnnn1. The van der Waals surface area contributed by atoms with Gasteiger partial charge in [-0.05, 0) is 10.4 Å². The summed E-state index contributed by atoms with van der Waals surface area (Å²) in [6, 6.07) is -0.205. The van der Waals surface area contributed by atoms with Gasteiger partial charge in [-0.3, -0.25) is 0 Å². The van der Waals surface area contributed by atoms with Crippen molar-refractivity contribution in [2.75, 3.05) is 13.6 Å². The summed E-state index contributed by atoms with van der Waals surface area (Å²) in [6.07, 6.45) is 1.49. The van der Waals surface area contributed by atoms with E-state index in [4.69, 9.17) is 0 Å². The lowest BCUT2D eigenvalue weighted by molar-refractivity contribution is 0.242. The van der Waals surface area contributed by atoms with E-state index < -0.39 is 0 Å². The zero-order valence-corrected chi connectivity index (χ0v) is 6.69. The Labute approximate surface area is 69.1 Å². The van der Waals surface area contributed by atoms with Gasteiger partial charge in [0.15, 0.2) is 0 Å². The van der Waals surface area contributed by atoms with Crippen LogP contribution in [0.2, 0.25) is 0 Å². The van der Waals surface area contributed by atoms with Crippen LogP contribution in [0.3, 0.4) is 0 Å². The molecule has 0 fully saturated rings. The van der Waals surface area contributed by atoms with Gasteiger partial charge < -0.3 is 10.6 Å². The van der Waals surface area contributed by atoms with Crippen LogP contribution in [-0.4, -0.2) is 39.8 Å². The fourth-order valence-corrected chi connectivity index (χ4v) is 0.655. The maximum Gasteiger partial charge on any atom is 0.314 e. The predicted molar refractivity (Wildman–Crippen MR) is 40.3 cm³/mol. The van der Waals surface area contributed by atoms with Crippen LogP contribution in [0, 0.1) is 0 Å². The van der Waals surface area contributed by atoms with Gasteiger partial charge in [-0.15, -0.1) is 5.10 Å². The fourth-order valence-electron chi connectivity index (χ4n) is 0.655. The molecule has 66 valence electrons. The molecule has 0 aliphatic heterocycles. The Hall–Kier alpha value is -1.66. The molecule has 0 saturated heterocycles. The van der Waals surface area contributed by atoms with Crippen molar-refractivity contribution >= 4 is 6.03 Å². The average molecular weight is 170 g/mol. The molecule has 1 aromatic rings. The maximum absolute atomic E-state index is 10.7. The topological polar surface area (TPSA) is 84.7 Å². The number of rotatable bonds is 3. The summed E-state index contributed by atoms with van der Waals surface area (Å²) in [6.45, 7) is 1.07. The van der Waals surface area contributed by atoms with Gasteiger partial charge in [0.05, 0.1) is 6.54 Å². The van der Waals surface area contributed by atoms with E-state index in [1.165, 1.54) is 11.0 Å². The molecule has 0 saturated carbocycles. The van der Waals surface area contributed by atoms with Crippen molar-refractivity contribution in [2.24, 2.45) is 0 Å². The second kappa shape index (κ2) is 4.27. The summed E-state index contributed by atoms with van der Waals surface area (Å²) in [5.41, 5.74) is 0. The highest BCUT2D eigenvalue weighted by atomic mass is 16.2. The van der Waals surface area contributed by atoms with Crippen molar-refractivity contribution in [1.29, 1.82) is 0 Å². The van der Waals surface area contributed by atoms with Gasteiger partial charge in [-0.2, -0.15) is 0 Å². The molecule has 0 aromatic carbocycles. The van der Waals surface area contributed by atoms with Crippen LogP contribution < -0.4 is 10.6 Å². The summed E-state index contributed by atoms with van der Waals surface area (Å²) in [4.78, 5) is 10.7. The Kier molecular flexibility index (Phi) is 3.00. The number of hydrogen-bond donors (Lipinski definition) is 2. The third-order valence-corrected chi connectivity index (χ3v) is 1.24. The van der Waals surface area contributed by atoms with Crippen LogP contribution in [0.4, 0.5) is 4.79 Å². The smallest absolute Gasteiger partial charge is 0.314 e. The van der Waals surface area contributed by atoms with Gasteiger partial charge in [0, 0.05) is 13.6 Å². The first-order chi connectivity index (χ1) is 5.83. The molecule has 1 rings (SSSR count). The molecule has 1 aromatic heterocycles. The van der Waals surface area contributed by atoms with Gasteiger partial charge in [-0.1, -0.05) is 0 Å². The quantitative estimate of drug-likeness (QED) is 0.584. The first-order valence-electron chi connectivity index (χ1n) is 3.49. The molecule has 0 radical (unpaired) electrons. The van der Waals surface area contributed by atoms with E-state index in [-0.39, 0.29) is 6.03 Å². The van der Waals surface area contributed by atoms with E-state index in [0.29, 0.717) is 13.1 Å². The van der Waals surface area contributed by atoms with Gasteiger partial charge in [0.1, 0.15) is 6.33 Å². The van der Waals surface area contributed by atoms with Gasteiger partial charge in [0.2, 0.25) is 0 Å². The number of carbonyl (C=O) groups is 1. The number of hydrogen-bond acceptors (Lipinski definition) is 4. The summed E-state index contributed by atoms with van der Waals surface area (Å²) in [7, 11) is 1.56. The summed E-state index contributed by atoms with van der Waals surface area (Å²) >= 11 is 0. The normalized spacial score (nSPS) is 9.42. The molecule has 7 nitrogen and oxygen atoms in total. The number of aromatic nitrogens is 4. The van der Waals surface area contributed by atoms with Crippen molar-refractivity contribution in [3.05, 3.63) is 6.33 Å². The molecule has 7 heteroatoms. The third-order valence-electron chi connectivity index (χ3n) is 1.24. The standard InChI is InChI=1S/C5H10N6O/c1-6-5(12)7-2-3-11-4-8-9-10-11/h4H,2-3H2,1H3,(H2,6,7,12). The lowest BCUT2D eigenvalue weighted by Crippen LogP contribution is -2.34. The van der Waals surface area contributed by atoms with Gasteiger partial charge in [0.25, 0.3) is 0 Å². The number of carbonyl (C=O) groups excluding carboxylic acids is 1. The fraction of sp³-hybridized carbons (Fsp3) is 0.600. The van der Waals surface area contributed by atoms with E-state index in [9.17, 15) is 4.79 Å². The number of nitrogens with one attached hydrogen (secondary N) is 2. The average Bonchev–Trinajstić information content (AvgIpc) is 2.57. The minimum Gasteiger partial charge on any atom is -0.341 e. The van der Waals surface area contributed by atoms with Crippen LogP contribution in [0.15, 0.2) is 6.33 Å². The van der Waals surface area contributed by atoms with Crippen molar-refractivity contribution < 1.29 is 4.79 Å². The Bertz CT molecular complexity index is 232. The lowest BCUT2D eigenvalue weighted by Gasteiger charge is -2.02. The maximum atomic E-state index is 10.7. The minimum absolute atomic E-state index is 0.205. The lowest BCUT2D eigenvalue weighted by atomic mass is 10.6. The van der Waals surface area contributed by atoms with Gasteiger partial charge >= 0.3 is 6.03 Å². The van der Waals surface area contributed by atoms with Crippen molar-refractivity contribution in [3.63, 3.8) is 0 Å². The van der Waals surface area contributed by atoms with E-state index in [1.807, 2.05) is 0 Å². The number of tetrazole rings is 1. The Morgan fingerprint density at radius 3 is 3.08 bits per heavy atom. The molecule has 0 bridgehead atoms. The number of urea groups is 1. The molecular weight excluding hydrogens is 160 g/mol. The first kappa shape index (κ1) is 8.44. The highest BCUT2D eigenvalue weighted by Crippen LogP contribution is 1.74. The van der Waals surface area contributed by atoms with E-state index >= 15 is 0 Å². The molecule has 0 unspecified atom stereocenters. The van der Waals surface area contributed by atoms with Gasteiger partial charge in [-0.25, -0.2) is 9.48 Å². The molecule has 0 aliphatic carbocycles. The molecular formula is C5H10N6O. The monoisotopic (exact) mass is 170 g/mol. The van der Waals surface area contributed by atoms with Crippen molar-refractivity contribution in [3.8, 4) is 0 Å². The number of amides is 2. The Balaban J connectivity index is 2.15. The van der Waals surface area contributed by atoms with Crippen LogP contribution in [0.25, 0.3) is 0 Å². The van der Waals surface area contributed by atoms with Crippen molar-refractivity contribution in [2.45, 2.75) is 6.54 Å². The molecule has 0 atom stereocenters. The zero-order chi connectivity index (χ0) is 8.81. The summed E-state index contributed by atoms with van der Waals surface area (Å²) < 4.78 is 1.54. The Morgan fingerprint density at radius 2 is 2.50 bits per heavy atom. The largest absolute Gasteiger partial charge is 0.341 e. The highest BCUT2D eigenvalue weighted by molar-refractivity contribution is 5.73. The molecule has 12 heavy (non-hydrogen) atoms. The van der Waals surface area contributed by atoms with E-state index in [0.717, 1.165) is 0 Å². The zero-order valence-electron chi connectivity index (χ0n) is 6.69. The third kappa shape index (κ3) is 2.52. The second-order valence-corrected chi connectivity index (χ2v) is 2.08. The molecule has 2 amide bonds. The summed E-state index contributed by atoms with van der Waals surface area (Å²) in [5, 5.41) is 15.5. The van der Waals surface area contributed by atoms with Crippen LogP contribution in [0.5, 0.6) is 0 Å². The predicted octanol–water partition coefficient (Wildman–Crippen LogP) is -1.40. The molecule has 0 spiro atoms. The van der Waals surface area contributed by atoms with Crippen LogP contribution >= 0.6 is 0 Å². The van der Waals surface area contributed by atoms with Crippen LogP contribution in [0.1, 0.15) is 0 Å². The first-order valence-corrected chi connectivity index (χ1v) is 3.49. The molecule has 0 aliphatic rings. The highest BCUT2D eigenvalue weighted by Gasteiger charge is 1.95. The Morgan fingerprint density at radius 1 is 1.67 bits per heavy atom. The van der Waals surface area contributed by atoms with Crippen molar-refractivity contribution in [1.82, 2.24) is 30.8 Å². The molecule has 1 heterocycles. The second-order valence-electron chi connectivity index (χ2n) is 2.08. The van der Waals surface area contributed by atoms with E-state index in [2.05, 4.69) is 26.2 Å². The van der Waals surface area contributed by atoms with E-state index in [1.54, 1.807) is 7.05 Å². The summed E-state index contributed by atoms with van der Waals surface area (Å²) in [5.74, 6) is 0.